The molecule has 6 nitrogen and oxygen atoms in total. The van der Waals surface area contributed by atoms with Crippen molar-refractivity contribution in [2.75, 3.05) is 11.9 Å². The van der Waals surface area contributed by atoms with Crippen molar-refractivity contribution in [1.82, 2.24) is 5.43 Å². The summed E-state index contributed by atoms with van der Waals surface area (Å²) in [5.74, 6) is -0.675. The second-order valence-electron chi connectivity index (χ2n) is 4.61. The number of aromatic hydroxyl groups is 2. The van der Waals surface area contributed by atoms with Crippen LogP contribution in [0.15, 0.2) is 44.4 Å². The average Bonchev–Trinajstić information content (AvgIpc) is 2.57. The minimum Gasteiger partial charge on any atom is -0.506 e. The highest BCUT2D eigenvalue weighted by molar-refractivity contribution is 9.11. The quantitative estimate of drug-likeness (QED) is 0.389. The van der Waals surface area contributed by atoms with E-state index in [1.807, 2.05) is 0 Å². The summed E-state index contributed by atoms with van der Waals surface area (Å²) in [4.78, 5) is 11.7. The van der Waals surface area contributed by atoms with Crippen LogP contribution in [-0.4, -0.2) is 28.9 Å². The van der Waals surface area contributed by atoms with E-state index in [2.05, 4.69) is 47.7 Å². The molecule has 0 aliphatic rings. The molecule has 0 unspecified atom stereocenters. The van der Waals surface area contributed by atoms with E-state index in [0.717, 1.165) is 5.69 Å². The molecule has 0 heterocycles. The van der Waals surface area contributed by atoms with E-state index in [1.165, 1.54) is 12.3 Å². The van der Waals surface area contributed by atoms with Gasteiger partial charge in [0, 0.05) is 16.3 Å². The van der Waals surface area contributed by atoms with Crippen LogP contribution >= 0.6 is 43.5 Å². The summed E-state index contributed by atoms with van der Waals surface area (Å²) in [5, 5.41) is 26.8. The number of phenolic OH excluding ortho intramolecular Hbond substituents is 2. The first-order chi connectivity index (χ1) is 11.4. The zero-order valence-corrected chi connectivity index (χ0v) is 16.0. The number of carbonyl (C=O) groups is 1. The predicted octanol–water partition coefficient (Wildman–Crippen LogP) is 3.84. The Hall–Kier alpha value is -1.77. The minimum absolute atomic E-state index is 0.0217. The smallest absolute Gasteiger partial charge is 0.259 e. The normalized spacial score (nSPS) is 10.8. The fourth-order valence-corrected chi connectivity index (χ4v) is 2.96. The van der Waals surface area contributed by atoms with Gasteiger partial charge in [-0.15, -0.1) is 0 Å². The first kappa shape index (κ1) is 18.6. The molecule has 0 aromatic heterocycles. The number of anilines is 1. The van der Waals surface area contributed by atoms with Gasteiger partial charge < -0.3 is 15.5 Å². The van der Waals surface area contributed by atoms with Crippen molar-refractivity contribution in [1.29, 1.82) is 0 Å². The summed E-state index contributed by atoms with van der Waals surface area (Å²) in [7, 11) is 0. The summed E-state index contributed by atoms with van der Waals surface area (Å²) >= 11 is 12.0. The predicted molar refractivity (Wildman–Crippen MR) is 101 cm³/mol. The van der Waals surface area contributed by atoms with Gasteiger partial charge in [0.25, 0.3) is 5.91 Å². The maximum absolute atomic E-state index is 11.7. The van der Waals surface area contributed by atoms with Gasteiger partial charge in [-0.3, -0.25) is 4.79 Å². The molecule has 126 valence electrons. The Balaban J connectivity index is 1.92. The van der Waals surface area contributed by atoms with Crippen molar-refractivity contribution in [3.63, 3.8) is 0 Å². The standard InChI is InChI=1S/C15H12Br2ClN3O3/c16-11-5-8(14(23)13(17)15(11)24)6-20-21-12(22)7-19-10-3-1-9(18)2-4-10/h1-6,19,23-24H,7H2,(H,21,22). The maximum atomic E-state index is 11.7. The lowest BCUT2D eigenvalue weighted by Gasteiger charge is -2.07. The van der Waals surface area contributed by atoms with Crippen LogP contribution in [0.1, 0.15) is 5.56 Å². The molecule has 9 heteroatoms. The van der Waals surface area contributed by atoms with Gasteiger partial charge in [0.1, 0.15) is 16.0 Å². The van der Waals surface area contributed by atoms with Crippen LogP contribution in [0, 0.1) is 0 Å². The fourth-order valence-electron chi connectivity index (χ4n) is 1.68. The third kappa shape index (κ3) is 4.86. The topological polar surface area (TPSA) is 94.0 Å². The lowest BCUT2D eigenvalue weighted by Crippen LogP contribution is -2.25. The summed E-state index contributed by atoms with van der Waals surface area (Å²) in [6.45, 7) is 0.0217. The molecule has 0 aliphatic heterocycles. The fraction of sp³-hybridized carbons (Fsp3) is 0.0667. The van der Waals surface area contributed by atoms with Gasteiger partial charge in [-0.25, -0.2) is 5.43 Å². The highest BCUT2D eigenvalue weighted by atomic mass is 79.9. The Morgan fingerprint density at radius 3 is 2.54 bits per heavy atom. The minimum atomic E-state index is -0.363. The lowest BCUT2D eigenvalue weighted by atomic mass is 10.2. The van der Waals surface area contributed by atoms with Gasteiger partial charge in [-0.05, 0) is 62.2 Å². The molecule has 0 fully saturated rings. The molecule has 0 atom stereocenters. The molecule has 0 saturated carbocycles. The third-order valence-corrected chi connectivity index (χ3v) is 4.50. The van der Waals surface area contributed by atoms with Gasteiger partial charge in [0.2, 0.25) is 0 Å². The Morgan fingerprint density at radius 1 is 1.21 bits per heavy atom. The van der Waals surface area contributed by atoms with Gasteiger partial charge in [-0.2, -0.15) is 5.10 Å². The molecule has 0 saturated heterocycles. The number of hydrogen-bond donors (Lipinski definition) is 4. The van der Waals surface area contributed by atoms with Crippen LogP contribution in [0.25, 0.3) is 0 Å². The molecule has 2 aromatic carbocycles. The van der Waals surface area contributed by atoms with Crippen LogP contribution in [0.3, 0.4) is 0 Å². The molecule has 0 spiro atoms. The summed E-state index contributed by atoms with van der Waals surface area (Å²) in [5.41, 5.74) is 3.40. The second kappa shape index (κ2) is 8.36. The largest absolute Gasteiger partial charge is 0.506 e. The molecule has 0 aliphatic carbocycles. The number of nitrogens with one attached hydrogen (secondary N) is 2. The zero-order chi connectivity index (χ0) is 17.7. The zero-order valence-electron chi connectivity index (χ0n) is 12.1. The van der Waals surface area contributed by atoms with Crippen LogP contribution in [0.4, 0.5) is 5.69 Å². The summed E-state index contributed by atoms with van der Waals surface area (Å²) in [6, 6.07) is 8.40. The van der Waals surface area contributed by atoms with E-state index in [4.69, 9.17) is 11.6 Å². The first-order valence-corrected chi connectivity index (χ1v) is 8.56. The van der Waals surface area contributed by atoms with Crippen LogP contribution in [-0.2, 0) is 4.79 Å². The molecule has 4 N–H and O–H groups in total. The SMILES string of the molecule is O=C(CNc1ccc(Cl)cc1)NN=Cc1cc(Br)c(O)c(Br)c1O. The number of nitrogens with zero attached hydrogens (tertiary/aromatic N) is 1. The van der Waals surface area contributed by atoms with E-state index in [-0.39, 0.29) is 28.4 Å². The number of benzene rings is 2. The molecule has 1 amide bonds. The Morgan fingerprint density at radius 2 is 1.88 bits per heavy atom. The Labute approximate surface area is 159 Å². The van der Waals surface area contributed by atoms with E-state index in [1.54, 1.807) is 24.3 Å². The molecule has 2 aromatic rings. The van der Waals surface area contributed by atoms with Crippen molar-refractivity contribution in [3.8, 4) is 11.5 Å². The molecule has 24 heavy (non-hydrogen) atoms. The molecular weight excluding hydrogens is 465 g/mol. The third-order valence-electron chi connectivity index (χ3n) is 2.89. The van der Waals surface area contributed by atoms with Crippen molar-refractivity contribution in [3.05, 3.63) is 49.9 Å². The van der Waals surface area contributed by atoms with E-state index in [0.29, 0.717) is 15.1 Å². The van der Waals surface area contributed by atoms with Crippen molar-refractivity contribution in [2.24, 2.45) is 5.10 Å². The first-order valence-electron chi connectivity index (χ1n) is 6.59. The van der Waals surface area contributed by atoms with Gasteiger partial charge in [0.15, 0.2) is 0 Å². The van der Waals surface area contributed by atoms with Crippen LogP contribution in [0.2, 0.25) is 5.02 Å². The molecule has 0 bridgehead atoms. The van der Waals surface area contributed by atoms with Crippen molar-refractivity contribution in [2.45, 2.75) is 0 Å². The molecule has 2 rings (SSSR count). The Bertz CT molecular complexity index is 783. The summed E-state index contributed by atoms with van der Waals surface area (Å²) in [6.07, 6.45) is 1.27. The number of carbonyl (C=O) groups excluding carboxylic acids is 1. The van der Waals surface area contributed by atoms with Gasteiger partial charge in [-0.1, -0.05) is 11.6 Å². The Kier molecular flexibility index (Phi) is 6.47. The highest BCUT2D eigenvalue weighted by Gasteiger charge is 2.12. The van der Waals surface area contributed by atoms with Crippen LogP contribution in [0.5, 0.6) is 11.5 Å². The average molecular weight is 478 g/mol. The van der Waals surface area contributed by atoms with E-state index >= 15 is 0 Å². The van der Waals surface area contributed by atoms with Gasteiger partial charge >= 0.3 is 0 Å². The number of amides is 1. The summed E-state index contributed by atoms with van der Waals surface area (Å²) < 4.78 is 0.512. The number of phenols is 2. The molecule has 0 radical (unpaired) electrons. The maximum Gasteiger partial charge on any atom is 0.259 e. The number of hydrazone groups is 1. The lowest BCUT2D eigenvalue weighted by molar-refractivity contribution is -0.119. The van der Waals surface area contributed by atoms with Crippen molar-refractivity contribution >= 4 is 61.3 Å². The number of halogens is 3. The van der Waals surface area contributed by atoms with Crippen LogP contribution < -0.4 is 10.7 Å². The monoisotopic (exact) mass is 475 g/mol. The van der Waals surface area contributed by atoms with Crippen molar-refractivity contribution < 1.29 is 15.0 Å². The number of rotatable bonds is 5. The second-order valence-corrected chi connectivity index (χ2v) is 6.70. The molecular formula is C15H12Br2ClN3O3. The van der Waals surface area contributed by atoms with E-state index in [9.17, 15) is 15.0 Å². The number of hydrogen-bond acceptors (Lipinski definition) is 5. The van der Waals surface area contributed by atoms with E-state index < -0.39 is 0 Å². The van der Waals surface area contributed by atoms with Gasteiger partial charge in [0.05, 0.1) is 17.2 Å². The highest BCUT2D eigenvalue weighted by Crippen LogP contribution is 2.40.